The highest BCUT2D eigenvalue weighted by Crippen LogP contribution is 2.41. The van der Waals surface area contributed by atoms with Crippen LogP contribution in [0.4, 0.5) is 0 Å². The topological polar surface area (TPSA) is 50.6 Å². The molecule has 132 valence electrons. The van der Waals surface area contributed by atoms with E-state index in [1.807, 2.05) is 18.2 Å². The monoisotopic (exact) mass is 329 g/mol. The number of piperazine rings is 1. The normalized spacial score (nSPS) is 23.0. The van der Waals surface area contributed by atoms with Gasteiger partial charge in [-0.2, -0.15) is 0 Å². The molecule has 0 radical (unpaired) electrons. The molecule has 2 aliphatic rings. The van der Waals surface area contributed by atoms with Gasteiger partial charge in [-0.25, -0.2) is 0 Å². The van der Waals surface area contributed by atoms with Crippen molar-refractivity contribution in [1.82, 2.24) is 9.80 Å². The molecular weight excluding hydrogens is 298 g/mol. The number of aliphatic hydroxyl groups is 1. The Bertz CT molecular complexity index is 507. The average molecular weight is 329 g/mol. The molecule has 2 fully saturated rings. The maximum absolute atomic E-state index is 11.7. The number of nitrogens with zero attached hydrogens (tertiary/aromatic N) is 2. The molecule has 0 bridgehead atoms. The second-order valence-electron chi connectivity index (χ2n) is 7.38. The molecule has 2 N–H and O–H groups in total. The van der Waals surface area contributed by atoms with Crippen molar-refractivity contribution in [3.05, 3.63) is 35.9 Å². The van der Waals surface area contributed by atoms with E-state index in [1.165, 1.54) is 25.6 Å². The summed E-state index contributed by atoms with van der Waals surface area (Å²) in [5.74, 6) is 0.386. The Morgan fingerprint density at radius 3 is 2.33 bits per heavy atom. The van der Waals surface area contributed by atoms with Crippen LogP contribution >= 0.6 is 0 Å². The predicted octanol–water partition coefficient (Wildman–Crippen LogP) is 3.07. The fourth-order valence-electron chi connectivity index (χ4n) is 4.34. The number of hydrogen-bond donors (Lipinski definition) is 2. The lowest BCUT2D eigenvalue weighted by molar-refractivity contribution is -0.0533. The molecule has 1 aliphatic carbocycles. The summed E-state index contributed by atoms with van der Waals surface area (Å²) >= 11 is 0. The Balaban J connectivity index is 1.67. The van der Waals surface area contributed by atoms with Gasteiger partial charge in [-0.1, -0.05) is 49.6 Å². The van der Waals surface area contributed by atoms with Gasteiger partial charge < -0.3 is 10.0 Å². The Kier molecular flexibility index (Phi) is 5.90. The molecular formula is C20H31N3O. The molecule has 3 rings (SSSR count). The van der Waals surface area contributed by atoms with Gasteiger partial charge in [-0.15, -0.1) is 0 Å². The van der Waals surface area contributed by atoms with E-state index in [4.69, 9.17) is 5.41 Å². The molecule has 24 heavy (non-hydrogen) atoms. The van der Waals surface area contributed by atoms with Gasteiger partial charge in [-0.3, -0.25) is 10.3 Å². The van der Waals surface area contributed by atoms with Crippen LogP contribution < -0.4 is 0 Å². The number of rotatable bonds is 6. The van der Waals surface area contributed by atoms with E-state index in [1.54, 1.807) is 0 Å². The highest BCUT2D eigenvalue weighted by atomic mass is 16.3. The van der Waals surface area contributed by atoms with Crippen molar-refractivity contribution in [1.29, 1.82) is 5.41 Å². The van der Waals surface area contributed by atoms with Crippen LogP contribution in [0.1, 0.15) is 44.1 Å². The second-order valence-corrected chi connectivity index (χ2v) is 7.38. The maximum Gasteiger partial charge on any atom is 0.0936 e. The Hall–Kier alpha value is -1.39. The van der Waals surface area contributed by atoms with Crippen molar-refractivity contribution in [3.63, 3.8) is 0 Å². The van der Waals surface area contributed by atoms with Crippen molar-refractivity contribution in [2.45, 2.75) is 44.1 Å². The highest BCUT2D eigenvalue weighted by molar-refractivity contribution is 5.50. The van der Waals surface area contributed by atoms with Crippen molar-refractivity contribution in [3.8, 4) is 0 Å². The first-order valence-electron chi connectivity index (χ1n) is 9.47. The molecule has 0 aromatic heterocycles. The first-order valence-corrected chi connectivity index (χ1v) is 9.47. The fraction of sp³-hybridized carbons (Fsp3) is 0.650. The molecule has 0 spiro atoms. The third kappa shape index (κ3) is 3.98. The molecule has 1 atom stereocenters. The van der Waals surface area contributed by atoms with Crippen LogP contribution in [-0.2, 0) is 5.60 Å². The van der Waals surface area contributed by atoms with Gasteiger partial charge in [0.1, 0.15) is 0 Å². The molecule has 1 aromatic rings. The van der Waals surface area contributed by atoms with E-state index >= 15 is 0 Å². The van der Waals surface area contributed by atoms with Crippen molar-refractivity contribution in [2.24, 2.45) is 5.92 Å². The summed E-state index contributed by atoms with van der Waals surface area (Å²) in [6.07, 6.45) is 8.36. The molecule has 1 aromatic carbocycles. The predicted molar refractivity (Wildman–Crippen MR) is 98.3 cm³/mol. The first-order chi connectivity index (χ1) is 11.7. The van der Waals surface area contributed by atoms with E-state index in [9.17, 15) is 5.11 Å². The minimum atomic E-state index is -0.694. The summed E-state index contributed by atoms with van der Waals surface area (Å²) in [5.41, 5.74) is 0.399. The lowest BCUT2D eigenvalue weighted by atomic mass is 9.71. The summed E-state index contributed by atoms with van der Waals surface area (Å²) in [6.45, 7) is 4.77. The highest BCUT2D eigenvalue weighted by Gasteiger charge is 2.38. The van der Waals surface area contributed by atoms with Crippen LogP contribution in [0.2, 0.25) is 0 Å². The van der Waals surface area contributed by atoms with Crippen LogP contribution in [0.5, 0.6) is 0 Å². The van der Waals surface area contributed by atoms with E-state index in [0.29, 0.717) is 5.92 Å². The SMILES string of the molecule is N=CN1CCN(CCC(O)(c2ccccc2)C2CCCCC2)CC1. The van der Waals surface area contributed by atoms with Crippen LogP contribution in [0, 0.1) is 11.3 Å². The third-order valence-corrected chi connectivity index (χ3v) is 5.95. The van der Waals surface area contributed by atoms with Crippen molar-refractivity contribution < 1.29 is 5.11 Å². The standard InChI is InChI=1S/C20H31N3O/c21-17-23-15-13-22(14-16-23)12-11-20(24,18-7-3-1-4-8-18)19-9-5-2-6-10-19/h1,3-4,7-8,17,19,21,24H,2,5-6,9-16H2. The van der Waals surface area contributed by atoms with E-state index in [2.05, 4.69) is 21.9 Å². The van der Waals surface area contributed by atoms with Crippen LogP contribution in [-0.4, -0.2) is 54.0 Å². The van der Waals surface area contributed by atoms with Gasteiger partial charge in [-0.05, 0) is 30.7 Å². The quantitative estimate of drug-likeness (QED) is 0.623. The van der Waals surface area contributed by atoms with Crippen LogP contribution in [0.15, 0.2) is 30.3 Å². The third-order valence-electron chi connectivity index (χ3n) is 5.95. The summed E-state index contributed by atoms with van der Waals surface area (Å²) in [7, 11) is 0. The summed E-state index contributed by atoms with van der Waals surface area (Å²) < 4.78 is 0. The molecule has 1 saturated carbocycles. The van der Waals surface area contributed by atoms with Crippen LogP contribution in [0.25, 0.3) is 0 Å². The van der Waals surface area contributed by atoms with E-state index in [-0.39, 0.29) is 0 Å². The molecule has 4 heteroatoms. The maximum atomic E-state index is 11.7. The summed E-state index contributed by atoms with van der Waals surface area (Å²) in [4.78, 5) is 4.50. The van der Waals surface area contributed by atoms with Gasteiger partial charge in [0.15, 0.2) is 0 Å². The molecule has 1 saturated heterocycles. The zero-order chi connectivity index (χ0) is 16.8. The van der Waals surface area contributed by atoms with Gasteiger partial charge in [0, 0.05) is 32.7 Å². The second kappa shape index (κ2) is 8.13. The van der Waals surface area contributed by atoms with E-state index < -0.39 is 5.60 Å². The fourth-order valence-corrected chi connectivity index (χ4v) is 4.34. The molecule has 4 nitrogen and oxygen atoms in total. The first kappa shape index (κ1) is 17.4. The smallest absolute Gasteiger partial charge is 0.0936 e. The summed E-state index contributed by atoms with van der Waals surface area (Å²) in [5, 5.41) is 19.0. The molecule has 1 heterocycles. The largest absolute Gasteiger partial charge is 0.385 e. The Morgan fingerprint density at radius 1 is 1.04 bits per heavy atom. The lowest BCUT2D eigenvalue weighted by Crippen LogP contribution is -2.47. The van der Waals surface area contributed by atoms with Gasteiger partial charge >= 0.3 is 0 Å². The number of hydrogen-bond acceptors (Lipinski definition) is 3. The van der Waals surface area contributed by atoms with Gasteiger partial charge in [0.25, 0.3) is 0 Å². The zero-order valence-electron chi connectivity index (χ0n) is 14.7. The van der Waals surface area contributed by atoms with Gasteiger partial charge in [0.05, 0.1) is 11.9 Å². The molecule has 0 amide bonds. The number of benzene rings is 1. The minimum absolute atomic E-state index is 0.386. The lowest BCUT2D eigenvalue weighted by Gasteiger charge is -2.41. The molecule has 1 unspecified atom stereocenters. The van der Waals surface area contributed by atoms with Crippen LogP contribution in [0.3, 0.4) is 0 Å². The zero-order valence-corrected chi connectivity index (χ0v) is 14.7. The van der Waals surface area contributed by atoms with Crippen molar-refractivity contribution >= 4 is 6.34 Å². The Labute approximate surface area is 146 Å². The van der Waals surface area contributed by atoms with Gasteiger partial charge in [0.2, 0.25) is 0 Å². The molecule has 1 aliphatic heterocycles. The minimum Gasteiger partial charge on any atom is -0.385 e. The Morgan fingerprint density at radius 2 is 1.71 bits per heavy atom. The summed E-state index contributed by atoms with van der Waals surface area (Å²) in [6, 6.07) is 10.3. The van der Waals surface area contributed by atoms with E-state index in [0.717, 1.165) is 57.5 Å². The van der Waals surface area contributed by atoms with Crippen molar-refractivity contribution in [2.75, 3.05) is 32.7 Å². The average Bonchev–Trinajstić information content (AvgIpc) is 2.68. The number of nitrogens with one attached hydrogen (secondary N) is 1.